The number of thiophene rings is 1. The van der Waals surface area contributed by atoms with Crippen molar-refractivity contribution >= 4 is 22.9 Å². The number of likely N-dealkylation sites (tertiary alicyclic amines) is 1. The second kappa shape index (κ2) is 7.08. The van der Waals surface area contributed by atoms with Crippen molar-refractivity contribution in [1.29, 1.82) is 0 Å². The van der Waals surface area contributed by atoms with Gasteiger partial charge in [0.1, 0.15) is 0 Å². The van der Waals surface area contributed by atoms with Crippen molar-refractivity contribution in [3.05, 3.63) is 33.1 Å². The van der Waals surface area contributed by atoms with Crippen LogP contribution in [-0.2, 0) is 19.5 Å². The summed E-state index contributed by atoms with van der Waals surface area (Å²) in [5, 5.41) is 4.03. The molecule has 0 bridgehead atoms. The topological polar surface area (TPSA) is 45.4 Å². The van der Waals surface area contributed by atoms with E-state index in [4.69, 9.17) is 16.1 Å². The smallest absolute Gasteiger partial charge is 0.226 e. The molecule has 120 valence electrons. The highest BCUT2D eigenvalue weighted by Crippen LogP contribution is 2.25. The van der Waals surface area contributed by atoms with Gasteiger partial charge in [-0.05, 0) is 25.6 Å². The first-order valence-corrected chi connectivity index (χ1v) is 8.81. The summed E-state index contributed by atoms with van der Waals surface area (Å²) in [6.45, 7) is 5.95. The predicted molar refractivity (Wildman–Crippen MR) is 88.2 cm³/mol. The first-order chi connectivity index (χ1) is 10.6. The lowest BCUT2D eigenvalue weighted by atomic mass is 10.2. The minimum Gasteiger partial charge on any atom is -0.339 e. The van der Waals surface area contributed by atoms with E-state index in [1.54, 1.807) is 11.3 Å². The Morgan fingerprint density at radius 3 is 3.05 bits per heavy atom. The lowest BCUT2D eigenvalue weighted by Crippen LogP contribution is -2.34. The fourth-order valence-corrected chi connectivity index (χ4v) is 3.95. The lowest BCUT2D eigenvalue weighted by Gasteiger charge is -2.23. The summed E-state index contributed by atoms with van der Waals surface area (Å²) in [5.74, 6) is 1.49. The van der Waals surface area contributed by atoms with Gasteiger partial charge in [0.2, 0.25) is 5.89 Å². The van der Waals surface area contributed by atoms with Gasteiger partial charge in [-0.1, -0.05) is 23.7 Å². The highest BCUT2D eigenvalue weighted by Gasteiger charge is 2.26. The monoisotopic (exact) mass is 340 g/mol. The van der Waals surface area contributed by atoms with E-state index < -0.39 is 0 Å². The van der Waals surface area contributed by atoms with Gasteiger partial charge in [0, 0.05) is 37.0 Å². The molecule has 0 unspecified atom stereocenters. The number of aryl methyl sites for hydroxylation is 1. The zero-order valence-corrected chi connectivity index (χ0v) is 14.5. The molecule has 0 amide bonds. The minimum absolute atomic E-state index is 0.541. The second-order valence-corrected chi connectivity index (χ2v) is 7.56. The van der Waals surface area contributed by atoms with Crippen molar-refractivity contribution < 1.29 is 4.52 Å². The van der Waals surface area contributed by atoms with Gasteiger partial charge < -0.3 is 4.52 Å². The van der Waals surface area contributed by atoms with Gasteiger partial charge in [-0.25, -0.2) is 0 Å². The van der Waals surface area contributed by atoms with E-state index in [0.29, 0.717) is 11.9 Å². The molecule has 2 aromatic rings. The van der Waals surface area contributed by atoms with Gasteiger partial charge in [0.05, 0.1) is 10.9 Å². The number of nitrogens with zero attached hydrogens (tertiary/aromatic N) is 4. The number of halogens is 1. The summed E-state index contributed by atoms with van der Waals surface area (Å²) in [5.41, 5.74) is 0. The van der Waals surface area contributed by atoms with Gasteiger partial charge in [0.15, 0.2) is 5.82 Å². The molecule has 1 aliphatic heterocycles. The van der Waals surface area contributed by atoms with Crippen LogP contribution in [0.2, 0.25) is 4.34 Å². The molecule has 0 aliphatic carbocycles. The molecule has 1 fully saturated rings. The molecule has 0 saturated carbocycles. The molecule has 0 aromatic carbocycles. The van der Waals surface area contributed by atoms with Crippen molar-refractivity contribution in [3.8, 4) is 0 Å². The molecule has 1 aliphatic rings. The zero-order valence-electron chi connectivity index (χ0n) is 13.0. The fourth-order valence-electron chi connectivity index (χ4n) is 2.82. The summed E-state index contributed by atoms with van der Waals surface area (Å²) in [4.78, 5) is 10.5. The zero-order chi connectivity index (χ0) is 15.5. The molecule has 1 saturated heterocycles. The van der Waals surface area contributed by atoms with Crippen LogP contribution in [0.5, 0.6) is 0 Å². The quantitative estimate of drug-likeness (QED) is 0.808. The number of likely N-dealkylation sites (N-methyl/N-ethyl adjacent to an activating group) is 1. The van der Waals surface area contributed by atoms with E-state index in [2.05, 4.69) is 33.1 Å². The van der Waals surface area contributed by atoms with Crippen LogP contribution in [-0.4, -0.2) is 46.1 Å². The highest BCUT2D eigenvalue weighted by molar-refractivity contribution is 7.16. The standard InChI is InChI=1S/C15H21ClN4OS/c1-3-15-17-14(18-21-15)10-19(2)11-6-7-20(8-11)9-12-4-5-13(16)22-12/h4-5,11H,3,6-10H2,1-2H3/t11-/m0/s1. The second-order valence-electron chi connectivity index (χ2n) is 5.76. The molecular weight excluding hydrogens is 320 g/mol. The van der Waals surface area contributed by atoms with Crippen molar-refractivity contribution in [2.45, 2.75) is 38.9 Å². The molecule has 5 nitrogen and oxygen atoms in total. The van der Waals surface area contributed by atoms with Crippen LogP contribution in [0.25, 0.3) is 0 Å². The van der Waals surface area contributed by atoms with Crippen LogP contribution in [0.4, 0.5) is 0 Å². The van der Waals surface area contributed by atoms with Crippen molar-refractivity contribution in [2.24, 2.45) is 0 Å². The molecule has 3 heterocycles. The Hall–Kier alpha value is -0.950. The third-order valence-corrected chi connectivity index (χ3v) is 5.30. The minimum atomic E-state index is 0.541. The predicted octanol–water partition coefficient (Wildman–Crippen LogP) is 3.05. The Labute approximate surface area is 139 Å². The molecule has 2 aromatic heterocycles. The molecule has 0 radical (unpaired) electrons. The van der Waals surface area contributed by atoms with Crippen molar-refractivity contribution in [3.63, 3.8) is 0 Å². The summed E-state index contributed by atoms with van der Waals surface area (Å²) in [7, 11) is 2.14. The van der Waals surface area contributed by atoms with Gasteiger partial charge in [-0.3, -0.25) is 9.80 Å². The molecule has 22 heavy (non-hydrogen) atoms. The van der Waals surface area contributed by atoms with Crippen LogP contribution in [0.3, 0.4) is 0 Å². The van der Waals surface area contributed by atoms with E-state index in [0.717, 1.165) is 42.8 Å². The van der Waals surface area contributed by atoms with E-state index in [9.17, 15) is 0 Å². The largest absolute Gasteiger partial charge is 0.339 e. The summed E-state index contributed by atoms with van der Waals surface area (Å²) < 4.78 is 6.04. The summed E-state index contributed by atoms with van der Waals surface area (Å²) >= 11 is 7.67. The van der Waals surface area contributed by atoms with Gasteiger partial charge in [-0.15, -0.1) is 11.3 Å². The number of hydrogen-bond donors (Lipinski definition) is 0. The molecule has 0 N–H and O–H groups in total. The van der Waals surface area contributed by atoms with E-state index in [-0.39, 0.29) is 0 Å². The maximum Gasteiger partial charge on any atom is 0.226 e. The van der Waals surface area contributed by atoms with Crippen LogP contribution < -0.4 is 0 Å². The van der Waals surface area contributed by atoms with Crippen LogP contribution in [0.15, 0.2) is 16.7 Å². The maximum atomic E-state index is 6.00. The van der Waals surface area contributed by atoms with Crippen LogP contribution >= 0.6 is 22.9 Å². The SMILES string of the molecule is CCc1nc(CN(C)[C@H]2CCN(Cc3ccc(Cl)s3)C2)no1. The first-order valence-electron chi connectivity index (χ1n) is 7.62. The third-order valence-electron chi connectivity index (χ3n) is 4.08. The Kier molecular flexibility index (Phi) is 5.13. The molecule has 7 heteroatoms. The van der Waals surface area contributed by atoms with E-state index >= 15 is 0 Å². The van der Waals surface area contributed by atoms with E-state index in [1.807, 2.05) is 13.0 Å². The fraction of sp³-hybridized carbons (Fsp3) is 0.600. The summed E-state index contributed by atoms with van der Waals surface area (Å²) in [6.07, 6.45) is 1.96. The Bertz CT molecular complexity index is 614. The average Bonchev–Trinajstić information content (AvgIpc) is 3.21. The Morgan fingerprint density at radius 1 is 1.50 bits per heavy atom. The maximum absolute atomic E-state index is 6.00. The number of rotatable bonds is 6. The number of hydrogen-bond acceptors (Lipinski definition) is 6. The normalized spacial score (nSPS) is 19.4. The highest BCUT2D eigenvalue weighted by atomic mass is 35.5. The molecule has 0 spiro atoms. The van der Waals surface area contributed by atoms with Gasteiger partial charge >= 0.3 is 0 Å². The first kappa shape index (κ1) is 15.9. The third kappa shape index (κ3) is 3.87. The Balaban J connectivity index is 1.50. The average molecular weight is 341 g/mol. The van der Waals surface area contributed by atoms with Crippen molar-refractivity contribution in [1.82, 2.24) is 19.9 Å². The lowest BCUT2D eigenvalue weighted by molar-refractivity contribution is 0.216. The van der Waals surface area contributed by atoms with Crippen LogP contribution in [0, 0.1) is 0 Å². The number of aromatic nitrogens is 2. The van der Waals surface area contributed by atoms with E-state index in [1.165, 1.54) is 11.3 Å². The Morgan fingerprint density at radius 2 is 2.36 bits per heavy atom. The molecule has 3 rings (SSSR count). The van der Waals surface area contributed by atoms with Gasteiger partial charge in [-0.2, -0.15) is 4.98 Å². The van der Waals surface area contributed by atoms with Crippen LogP contribution in [0.1, 0.15) is 29.9 Å². The summed E-state index contributed by atoms with van der Waals surface area (Å²) in [6, 6.07) is 4.64. The van der Waals surface area contributed by atoms with Gasteiger partial charge in [0.25, 0.3) is 0 Å². The van der Waals surface area contributed by atoms with Crippen molar-refractivity contribution in [2.75, 3.05) is 20.1 Å². The molecule has 1 atom stereocenters. The molecular formula is C15H21ClN4OS.